The van der Waals surface area contributed by atoms with Gasteiger partial charge in [0.1, 0.15) is 18.7 Å². The molecule has 0 aromatic heterocycles. The van der Waals surface area contributed by atoms with Gasteiger partial charge in [0.2, 0.25) is 5.91 Å². The minimum Gasteiger partial charge on any atom is -0.444 e. The summed E-state index contributed by atoms with van der Waals surface area (Å²) in [6.07, 6.45) is -0.570. The zero-order chi connectivity index (χ0) is 12.8. The van der Waals surface area contributed by atoms with Gasteiger partial charge in [0.25, 0.3) is 0 Å². The molecule has 90 valence electrons. The lowest BCUT2D eigenvalue weighted by atomic mass is 10.2. The third-order valence-corrected chi connectivity index (χ3v) is 1.45. The number of amides is 2. The number of likely N-dealkylation sites (N-methyl/N-ethyl adjacent to an activating group) is 1. The topological polar surface area (TPSA) is 82.4 Å². The van der Waals surface area contributed by atoms with E-state index in [-0.39, 0.29) is 13.1 Å². The first kappa shape index (κ1) is 14.2. The van der Waals surface area contributed by atoms with Crippen molar-refractivity contribution in [1.82, 2.24) is 10.2 Å². The molecule has 0 atom stereocenters. The number of rotatable bonds is 3. The molecule has 2 amide bonds. The molecule has 0 saturated carbocycles. The van der Waals surface area contributed by atoms with Crippen LogP contribution in [-0.4, -0.2) is 42.6 Å². The fourth-order valence-electron chi connectivity index (χ4n) is 0.814. The summed E-state index contributed by atoms with van der Waals surface area (Å²) >= 11 is 0. The van der Waals surface area contributed by atoms with Crippen LogP contribution in [0.25, 0.3) is 0 Å². The lowest BCUT2D eigenvalue weighted by Gasteiger charge is -2.24. The van der Waals surface area contributed by atoms with Crippen LogP contribution in [0.4, 0.5) is 4.79 Å². The maximum absolute atomic E-state index is 11.4. The van der Waals surface area contributed by atoms with E-state index >= 15 is 0 Å². The van der Waals surface area contributed by atoms with Gasteiger partial charge in [-0.15, -0.1) is 0 Å². The Hall–Kier alpha value is -1.77. The fourth-order valence-corrected chi connectivity index (χ4v) is 0.814. The molecule has 0 aliphatic rings. The molecule has 0 aromatic carbocycles. The quantitative estimate of drug-likeness (QED) is 0.711. The summed E-state index contributed by atoms with van der Waals surface area (Å²) in [6.45, 7) is 5.04. The predicted octanol–water partition coefficient (Wildman–Crippen LogP) is 0.493. The maximum atomic E-state index is 11.4. The Morgan fingerprint density at radius 2 is 2.00 bits per heavy atom. The van der Waals surface area contributed by atoms with Crippen LogP contribution in [0.2, 0.25) is 0 Å². The second-order valence-corrected chi connectivity index (χ2v) is 4.27. The van der Waals surface area contributed by atoms with Crippen molar-refractivity contribution in [3.05, 3.63) is 0 Å². The molecule has 0 aliphatic heterocycles. The number of carbonyl (C=O) groups excluding carboxylic acids is 2. The average molecular weight is 227 g/mol. The van der Waals surface area contributed by atoms with Crippen LogP contribution in [0, 0.1) is 11.3 Å². The number of nitriles is 1. The second-order valence-electron chi connectivity index (χ2n) is 4.27. The van der Waals surface area contributed by atoms with Gasteiger partial charge in [0, 0.05) is 7.05 Å². The van der Waals surface area contributed by atoms with Gasteiger partial charge in [0.15, 0.2) is 0 Å². The van der Waals surface area contributed by atoms with Crippen LogP contribution >= 0.6 is 0 Å². The Balaban J connectivity index is 4.06. The van der Waals surface area contributed by atoms with Crippen molar-refractivity contribution in [1.29, 1.82) is 5.26 Å². The highest BCUT2D eigenvalue weighted by molar-refractivity contribution is 5.82. The molecule has 0 saturated heterocycles. The molecule has 0 fully saturated rings. The summed E-state index contributed by atoms with van der Waals surface area (Å²) in [5, 5.41) is 10.6. The molecule has 0 aromatic rings. The van der Waals surface area contributed by atoms with Gasteiger partial charge >= 0.3 is 6.09 Å². The Bertz CT molecular complexity index is 301. The smallest absolute Gasteiger partial charge is 0.410 e. The molecule has 0 bridgehead atoms. The molecule has 0 unspecified atom stereocenters. The van der Waals surface area contributed by atoms with Crippen molar-refractivity contribution in [3.8, 4) is 6.07 Å². The van der Waals surface area contributed by atoms with Gasteiger partial charge in [0.05, 0.1) is 6.07 Å². The van der Waals surface area contributed by atoms with E-state index in [9.17, 15) is 9.59 Å². The van der Waals surface area contributed by atoms with Crippen molar-refractivity contribution in [2.24, 2.45) is 0 Å². The van der Waals surface area contributed by atoms with Crippen molar-refractivity contribution in [2.45, 2.75) is 26.4 Å². The first-order chi connectivity index (χ1) is 7.26. The first-order valence-electron chi connectivity index (χ1n) is 4.84. The van der Waals surface area contributed by atoms with E-state index in [1.165, 1.54) is 7.05 Å². The third-order valence-electron chi connectivity index (χ3n) is 1.45. The Morgan fingerprint density at radius 3 is 2.44 bits per heavy atom. The predicted molar refractivity (Wildman–Crippen MR) is 57.5 cm³/mol. The Morgan fingerprint density at radius 1 is 1.44 bits per heavy atom. The highest BCUT2D eigenvalue weighted by atomic mass is 16.6. The van der Waals surface area contributed by atoms with Crippen LogP contribution in [0.3, 0.4) is 0 Å². The van der Waals surface area contributed by atoms with E-state index in [4.69, 9.17) is 10.00 Å². The second kappa shape index (κ2) is 5.95. The van der Waals surface area contributed by atoms with Crippen LogP contribution in [0.15, 0.2) is 0 Å². The van der Waals surface area contributed by atoms with E-state index in [0.29, 0.717) is 0 Å². The van der Waals surface area contributed by atoms with Gasteiger partial charge < -0.3 is 15.0 Å². The summed E-state index contributed by atoms with van der Waals surface area (Å²) in [5.41, 5.74) is -0.589. The maximum Gasteiger partial charge on any atom is 0.410 e. The Kier molecular flexibility index (Phi) is 5.30. The lowest BCUT2D eigenvalue weighted by Crippen LogP contribution is -2.41. The number of hydrogen-bond donors (Lipinski definition) is 1. The summed E-state index contributed by atoms with van der Waals surface area (Å²) in [4.78, 5) is 23.7. The van der Waals surface area contributed by atoms with E-state index in [1.807, 2.05) is 0 Å². The standard InChI is InChI=1S/C10H17N3O3/c1-10(2,3)16-9(15)13(4)7-8(14)12-6-5-11/h6-7H2,1-4H3,(H,12,14). The average Bonchev–Trinajstić information content (AvgIpc) is 2.11. The van der Waals surface area contributed by atoms with Crippen LogP contribution in [0.5, 0.6) is 0 Å². The zero-order valence-corrected chi connectivity index (χ0v) is 10.0. The molecule has 0 rings (SSSR count). The minimum atomic E-state index is -0.589. The van der Waals surface area contributed by atoms with E-state index in [1.54, 1.807) is 26.8 Å². The SMILES string of the molecule is CN(CC(=O)NCC#N)C(=O)OC(C)(C)C. The highest BCUT2D eigenvalue weighted by Crippen LogP contribution is 2.08. The third kappa shape index (κ3) is 6.65. The van der Waals surface area contributed by atoms with Gasteiger partial charge in [-0.05, 0) is 20.8 Å². The molecule has 6 heteroatoms. The van der Waals surface area contributed by atoms with Crippen molar-refractivity contribution >= 4 is 12.0 Å². The lowest BCUT2D eigenvalue weighted by molar-refractivity contribution is -0.121. The van der Waals surface area contributed by atoms with E-state index in [0.717, 1.165) is 4.90 Å². The number of nitrogens with one attached hydrogen (secondary N) is 1. The molecule has 0 radical (unpaired) electrons. The van der Waals surface area contributed by atoms with Crippen LogP contribution < -0.4 is 5.32 Å². The minimum absolute atomic E-state index is 0.0685. The Labute approximate surface area is 95.2 Å². The summed E-state index contributed by atoms with van der Waals surface area (Å²) in [7, 11) is 1.46. The van der Waals surface area contributed by atoms with Crippen LogP contribution in [-0.2, 0) is 9.53 Å². The van der Waals surface area contributed by atoms with Crippen molar-refractivity contribution < 1.29 is 14.3 Å². The van der Waals surface area contributed by atoms with Gasteiger partial charge in [-0.1, -0.05) is 0 Å². The van der Waals surface area contributed by atoms with Crippen molar-refractivity contribution in [3.63, 3.8) is 0 Å². The van der Waals surface area contributed by atoms with Gasteiger partial charge in [-0.25, -0.2) is 4.79 Å². The number of ether oxygens (including phenoxy) is 1. The molecule has 6 nitrogen and oxygen atoms in total. The normalized spacial score (nSPS) is 10.2. The summed E-state index contributed by atoms with van der Waals surface area (Å²) in [5.74, 6) is -0.394. The molecule has 0 heterocycles. The number of nitrogens with zero attached hydrogens (tertiary/aromatic N) is 2. The van der Waals surface area contributed by atoms with Crippen LogP contribution in [0.1, 0.15) is 20.8 Å². The van der Waals surface area contributed by atoms with Crippen molar-refractivity contribution in [2.75, 3.05) is 20.1 Å². The summed E-state index contributed by atoms with van der Waals surface area (Å²) < 4.78 is 5.05. The molecule has 1 N–H and O–H groups in total. The molecular formula is C10H17N3O3. The van der Waals surface area contributed by atoms with E-state index in [2.05, 4.69) is 5.32 Å². The first-order valence-corrected chi connectivity index (χ1v) is 4.84. The molecular weight excluding hydrogens is 210 g/mol. The van der Waals surface area contributed by atoms with E-state index < -0.39 is 17.6 Å². The van der Waals surface area contributed by atoms with Gasteiger partial charge in [-0.2, -0.15) is 5.26 Å². The summed E-state index contributed by atoms with van der Waals surface area (Å²) in [6, 6.07) is 1.77. The number of hydrogen-bond acceptors (Lipinski definition) is 4. The monoisotopic (exact) mass is 227 g/mol. The highest BCUT2D eigenvalue weighted by Gasteiger charge is 2.20. The number of carbonyl (C=O) groups is 2. The fraction of sp³-hybridized carbons (Fsp3) is 0.700. The zero-order valence-electron chi connectivity index (χ0n) is 10.0. The molecule has 16 heavy (non-hydrogen) atoms. The molecule has 0 aliphatic carbocycles. The largest absolute Gasteiger partial charge is 0.444 e. The molecule has 0 spiro atoms. The van der Waals surface area contributed by atoms with Gasteiger partial charge in [-0.3, -0.25) is 4.79 Å².